The Morgan fingerprint density at radius 1 is 1.55 bits per heavy atom. The number of hydrogen-bond acceptors (Lipinski definition) is 6. The number of nitro groups is 1. The number of aromatic amines is 1. The summed E-state index contributed by atoms with van der Waals surface area (Å²) in [6.07, 6.45) is 0. The molecule has 1 aromatic carbocycles. The van der Waals surface area contributed by atoms with Crippen LogP contribution in [0.15, 0.2) is 28.2 Å². The summed E-state index contributed by atoms with van der Waals surface area (Å²) in [4.78, 5) is 21.6. The number of nitro benzene ring substituents is 1. The summed E-state index contributed by atoms with van der Waals surface area (Å²) in [5.41, 5.74) is 1.13. The van der Waals surface area contributed by atoms with Crippen molar-refractivity contribution < 1.29 is 4.92 Å². The number of H-pyrrole nitrogens is 1. The Kier molecular flexibility index (Phi) is 4.08. The minimum Gasteiger partial charge on any atom is -0.383 e. The predicted molar refractivity (Wildman–Crippen MR) is 76.0 cm³/mol. The molecule has 1 heterocycles. The van der Waals surface area contributed by atoms with Gasteiger partial charge in [-0.05, 0) is 11.6 Å². The average molecular weight is 295 g/mol. The standard InChI is InChI=1S/C11H13N5O3S/c1-12-8-5-7(3-4-9(8)16(18)19)6-20-11-14-13-10(17)15(11)2/h3-5,12H,6H2,1-2H3,(H,13,17). The van der Waals surface area contributed by atoms with Crippen molar-refractivity contribution in [1.29, 1.82) is 0 Å². The lowest BCUT2D eigenvalue weighted by Crippen LogP contribution is -2.12. The van der Waals surface area contributed by atoms with E-state index in [4.69, 9.17) is 0 Å². The number of nitrogens with zero attached hydrogens (tertiary/aromatic N) is 3. The Morgan fingerprint density at radius 2 is 2.30 bits per heavy atom. The lowest BCUT2D eigenvalue weighted by Gasteiger charge is -2.05. The monoisotopic (exact) mass is 295 g/mol. The van der Waals surface area contributed by atoms with Crippen LogP contribution in [0.25, 0.3) is 0 Å². The topological polar surface area (TPSA) is 106 Å². The average Bonchev–Trinajstić information content (AvgIpc) is 2.76. The minimum absolute atomic E-state index is 0.0356. The number of hydrogen-bond donors (Lipinski definition) is 2. The van der Waals surface area contributed by atoms with Gasteiger partial charge >= 0.3 is 5.69 Å². The first-order valence-electron chi connectivity index (χ1n) is 5.72. The van der Waals surface area contributed by atoms with E-state index in [0.717, 1.165) is 5.56 Å². The fourth-order valence-electron chi connectivity index (χ4n) is 1.64. The maximum Gasteiger partial charge on any atom is 0.343 e. The van der Waals surface area contributed by atoms with Crippen LogP contribution in [-0.2, 0) is 12.8 Å². The Labute approximate surface area is 118 Å². The summed E-state index contributed by atoms with van der Waals surface area (Å²) in [6.45, 7) is 0. The van der Waals surface area contributed by atoms with Gasteiger partial charge in [-0.2, -0.15) is 0 Å². The molecule has 8 nitrogen and oxygen atoms in total. The van der Waals surface area contributed by atoms with Gasteiger partial charge in [-0.1, -0.05) is 17.8 Å². The van der Waals surface area contributed by atoms with Gasteiger partial charge in [-0.3, -0.25) is 14.7 Å². The van der Waals surface area contributed by atoms with Crippen LogP contribution in [0.2, 0.25) is 0 Å². The van der Waals surface area contributed by atoms with Crippen LogP contribution in [0.1, 0.15) is 5.56 Å². The van der Waals surface area contributed by atoms with Crippen molar-refractivity contribution >= 4 is 23.1 Å². The lowest BCUT2D eigenvalue weighted by molar-refractivity contribution is -0.383. The highest BCUT2D eigenvalue weighted by Crippen LogP contribution is 2.27. The third kappa shape index (κ3) is 2.82. The van der Waals surface area contributed by atoms with Crippen molar-refractivity contribution in [2.45, 2.75) is 10.9 Å². The van der Waals surface area contributed by atoms with Crippen molar-refractivity contribution in [3.63, 3.8) is 0 Å². The van der Waals surface area contributed by atoms with Crippen LogP contribution in [0.5, 0.6) is 0 Å². The third-order valence-electron chi connectivity index (χ3n) is 2.73. The largest absolute Gasteiger partial charge is 0.383 e. The van der Waals surface area contributed by atoms with E-state index >= 15 is 0 Å². The first-order chi connectivity index (χ1) is 9.52. The summed E-state index contributed by atoms with van der Waals surface area (Å²) < 4.78 is 1.41. The van der Waals surface area contributed by atoms with E-state index in [9.17, 15) is 14.9 Å². The minimum atomic E-state index is -0.430. The molecular formula is C11H13N5O3S. The van der Waals surface area contributed by atoms with Gasteiger partial charge in [0.1, 0.15) is 5.69 Å². The van der Waals surface area contributed by atoms with Gasteiger partial charge in [-0.25, -0.2) is 9.89 Å². The molecule has 0 unspecified atom stereocenters. The SMILES string of the molecule is CNc1cc(CSc2n[nH]c(=O)n2C)ccc1[N+](=O)[O-]. The van der Waals surface area contributed by atoms with E-state index in [1.54, 1.807) is 26.2 Å². The van der Waals surface area contributed by atoms with E-state index in [2.05, 4.69) is 15.5 Å². The van der Waals surface area contributed by atoms with E-state index in [0.29, 0.717) is 16.6 Å². The van der Waals surface area contributed by atoms with Gasteiger partial charge < -0.3 is 5.32 Å². The molecule has 0 aliphatic carbocycles. The predicted octanol–water partition coefficient (Wildman–Crippen LogP) is 1.35. The van der Waals surface area contributed by atoms with Gasteiger partial charge in [0.15, 0.2) is 5.16 Å². The zero-order valence-corrected chi connectivity index (χ0v) is 11.7. The van der Waals surface area contributed by atoms with Crippen LogP contribution in [0, 0.1) is 10.1 Å². The summed E-state index contributed by atoms with van der Waals surface area (Å²) in [5, 5.41) is 20.4. The maximum atomic E-state index is 11.2. The number of anilines is 1. The zero-order valence-electron chi connectivity index (χ0n) is 10.9. The third-order valence-corrected chi connectivity index (χ3v) is 3.83. The van der Waals surface area contributed by atoms with Crippen molar-refractivity contribution in [3.8, 4) is 0 Å². The molecule has 106 valence electrons. The fourth-order valence-corrected chi connectivity index (χ4v) is 2.50. The Bertz CT molecular complexity index is 694. The second-order valence-electron chi connectivity index (χ2n) is 4.02. The Balaban J connectivity index is 2.16. The number of nitrogens with one attached hydrogen (secondary N) is 2. The van der Waals surface area contributed by atoms with Crippen LogP contribution >= 0.6 is 11.8 Å². The van der Waals surface area contributed by atoms with Crippen molar-refractivity contribution in [3.05, 3.63) is 44.4 Å². The highest BCUT2D eigenvalue weighted by Gasteiger charge is 2.13. The molecule has 20 heavy (non-hydrogen) atoms. The van der Waals surface area contributed by atoms with E-state index in [1.807, 2.05) is 0 Å². The first kappa shape index (κ1) is 14.1. The molecule has 0 aliphatic rings. The molecule has 0 radical (unpaired) electrons. The molecule has 0 saturated carbocycles. The summed E-state index contributed by atoms with van der Waals surface area (Å²) in [5.74, 6) is 0.560. The van der Waals surface area contributed by atoms with Gasteiger partial charge in [0.05, 0.1) is 4.92 Å². The molecule has 0 saturated heterocycles. The summed E-state index contributed by atoms with van der Waals surface area (Å²) >= 11 is 1.38. The summed E-state index contributed by atoms with van der Waals surface area (Å²) in [7, 11) is 3.26. The number of thioether (sulfide) groups is 1. The Hall–Kier alpha value is -2.29. The second kappa shape index (κ2) is 5.78. The van der Waals surface area contributed by atoms with E-state index in [-0.39, 0.29) is 11.4 Å². The molecular weight excluding hydrogens is 282 g/mol. The maximum absolute atomic E-state index is 11.2. The number of rotatable bonds is 5. The van der Waals surface area contributed by atoms with Crippen LogP contribution < -0.4 is 11.0 Å². The van der Waals surface area contributed by atoms with E-state index < -0.39 is 4.92 Å². The molecule has 0 aliphatic heterocycles. The number of aromatic nitrogens is 3. The molecule has 0 atom stereocenters. The molecule has 9 heteroatoms. The Morgan fingerprint density at radius 3 is 2.85 bits per heavy atom. The zero-order chi connectivity index (χ0) is 14.7. The lowest BCUT2D eigenvalue weighted by atomic mass is 10.2. The van der Waals surface area contributed by atoms with Crippen LogP contribution in [0.3, 0.4) is 0 Å². The summed E-state index contributed by atoms with van der Waals surface area (Å²) in [6, 6.07) is 4.87. The van der Waals surface area contributed by atoms with Gasteiger partial charge in [0, 0.05) is 25.9 Å². The molecule has 1 aromatic heterocycles. The quantitative estimate of drug-likeness (QED) is 0.490. The van der Waals surface area contributed by atoms with E-state index in [1.165, 1.54) is 22.4 Å². The fraction of sp³-hybridized carbons (Fsp3) is 0.273. The molecule has 0 amide bonds. The normalized spacial score (nSPS) is 10.5. The van der Waals surface area contributed by atoms with Crippen molar-refractivity contribution in [2.75, 3.05) is 12.4 Å². The highest BCUT2D eigenvalue weighted by molar-refractivity contribution is 7.98. The molecule has 0 spiro atoms. The number of benzene rings is 1. The van der Waals surface area contributed by atoms with Gasteiger partial charge in [0.2, 0.25) is 0 Å². The molecule has 2 N–H and O–H groups in total. The van der Waals surface area contributed by atoms with Gasteiger partial charge in [-0.15, -0.1) is 5.10 Å². The smallest absolute Gasteiger partial charge is 0.343 e. The highest BCUT2D eigenvalue weighted by atomic mass is 32.2. The van der Waals surface area contributed by atoms with Gasteiger partial charge in [0.25, 0.3) is 5.69 Å². The second-order valence-corrected chi connectivity index (χ2v) is 4.96. The van der Waals surface area contributed by atoms with Crippen LogP contribution in [0.4, 0.5) is 11.4 Å². The molecule has 2 rings (SSSR count). The molecule has 2 aromatic rings. The molecule has 0 fully saturated rings. The van der Waals surface area contributed by atoms with Crippen molar-refractivity contribution in [2.24, 2.45) is 7.05 Å². The first-order valence-corrected chi connectivity index (χ1v) is 6.70. The molecule has 0 bridgehead atoms. The van der Waals surface area contributed by atoms with Crippen LogP contribution in [-0.4, -0.2) is 26.7 Å². The van der Waals surface area contributed by atoms with Crippen molar-refractivity contribution in [1.82, 2.24) is 14.8 Å².